The van der Waals surface area contributed by atoms with E-state index in [-0.39, 0.29) is 6.54 Å². The summed E-state index contributed by atoms with van der Waals surface area (Å²) in [6, 6.07) is 22.9. The van der Waals surface area contributed by atoms with Crippen LogP contribution in [0.5, 0.6) is 5.75 Å². The quantitative estimate of drug-likeness (QED) is 0.368. The highest BCUT2D eigenvalue weighted by molar-refractivity contribution is 6.31. The Morgan fingerprint density at radius 2 is 1.61 bits per heavy atom. The van der Waals surface area contributed by atoms with Crippen molar-refractivity contribution >= 4 is 11.6 Å². The van der Waals surface area contributed by atoms with Gasteiger partial charge in [0.2, 0.25) is 0 Å². The first-order valence-electron chi connectivity index (χ1n) is 12.0. The van der Waals surface area contributed by atoms with Crippen molar-refractivity contribution in [3.8, 4) is 5.75 Å². The number of aliphatic hydroxyl groups excluding tert-OH is 3. The minimum atomic E-state index is -1.39. The van der Waals surface area contributed by atoms with Gasteiger partial charge in [0, 0.05) is 5.02 Å². The molecule has 0 radical (unpaired) electrons. The molecule has 8 heteroatoms. The first-order chi connectivity index (χ1) is 17.5. The zero-order valence-corrected chi connectivity index (χ0v) is 20.8. The third-order valence-corrected chi connectivity index (χ3v) is 6.57. The number of nitrogens with zero attached hydrogens (tertiary/aromatic N) is 2. The number of benzene rings is 3. The highest BCUT2D eigenvalue weighted by Crippen LogP contribution is 2.34. The summed E-state index contributed by atoms with van der Waals surface area (Å²) in [5.74, 6) is 0.805. The average Bonchev–Trinajstić information content (AvgIpc) is 2.89. The van der Waals surface area contributed by atoms with Crippen molar-refractivity contribution in [1.82, 2.24) is 0 Å². The smallest absolute Gasteiger partial charge is 0.119 e. The molecule has 1 saturated heterocycles. The molecule has 0 aliphatic carbocycles. The summed E-state index contributed by atoms with van der Waals surface area (Å²) < 4.78 is 11.5. The van der Waals surface area contributed by atoms with Crippen LogP contribution in [0.1, 0.15) is 35.3 Å². The lowest BCUT2D eigenvalue weighted by atomic mass is 9.90. The zero-order valence-electron chi connectivity index (χ0n) is 20.1. The predicted octanol–water partition coefficient (Wildman–Crippen LogP) is 4.50. The van der Waals surface area contributed by atoms with Gasteiger partial charge in [0.25, 0.3) is 0 Å². The molecule has 5 unspecified atom stereocenters. The maximum Gasteiger partial charge on any atom is 0.119 e. The molecule has 1 heterocycles. The van der Waals surface area contributed by atoms with Gasteiger partial charge in [-0.15, -0.1) is 0 Å². The number of hydrogen-bond acceptors (Lipinski definition) is 7. The Bertz CT molecular complexity index is 1140. The van der Waals surface area contributed by atoms with E-state index in [1.165, 1.54) is 0 Å². The van der Waals surface area contributed by atoms with Crippen molar-refractivity contribution in [3.63, 3.8) is 0 Å². The molecule has 0 aromatic heterocycles. The molecule has 1 aliphatic rings. The predicted molar refractivity (Wildman–Crippen MR) is 137 cm³/mol. The molecule has 1 aliphatic heterocycles. The summed E-state index contributed by atoms with van der Waals surface area (Å²) in [5, 5.41) is 40.6. The molecule has 0 amide bonds. The van der Waals surface area contributed by atoms with Crippen molar-refractivity contribution in [3.05, 3.63) is 100 Å². The topological polar surface area (TPSA) is 104 Å². The van der Waals surface area contributed by atoms with Gasteiger partial charge in [0.15, 0.2) is 0 Å². The lowest BCUT2D eigenvalue weighted by molar-refractivity contribution is -0.221. The van der Waals surface area contributed by atoms with E-state index in [1.807, 2.05) is 67.6 Å². The van der Waals surface area contributed by atoms with Crippen molar-refractivity contribution in [1.29, 1.82) is 0 Å². The van der Waals surface area contributed by atoms with Crippen LogP contribution in [0, 0.1) is 0 Å². The number of aliphatic hydroxyl groups is 3. The maximum absolute atomic E-state index is 10.7. The van der Waals surface area contributed by atoms with E-state index in [2.05, 4.69) is 10.2 Å². The number of ether oxygens (including phenoxy) is 2. The summed E-state index contributed by atoms with van der Waals surface area (Å²) in [7, 11) is 0. The highest BCUT2D eigenvalue weighted by Gasteiger charge is 2.44. The number of halogens is 1. The molecule has 0 saturated carbocycles. The molecule has 3 aromatic rings. The lowest BCUT2D eigenvalue weighted by Gasteiger charge is -2.40. The molecule has 3 N–H and O–H groups in total. The third kappa shape index (κ3) is 6.49. The van der Waals surface area contributed by atoms with E-state index >= 15 is 0 Å². The summed E-state index contributed by atoms with van der Waals surface area (Å²) in [5.41, 5.74) is 3.58. The van der Waals surface area contributed by atoms with Gasteiger partial charge < -0.3 is 24.8 Å². The second-order valence-electron chi connectivity index (χ2n) is 8.78. The zero-order chi connectivity index (χ0) is 25.5. The van der Waals surface area contributed by atoms with Gasteiger partial charge in [-0.2, -0.15) is 10.2 Å². The Hall–Kier alpha value is -2.81. The maximum atomic E-state index is 10.7. The van der Waals surface area contributed by atoms with Crippen LogP contribution in [-0.2, 0) is 17.7 Å². The Morgan fingerprint density at radius 3 is 2.33 bits per heavy atom. The van der Waals surface area contributed by atoms with Crippen LogP contribution in [0.3, 0.4) is 0 Å². The Morgan fingerprint density at radius 1 is 0.861 bits per heavy atom. The molecule has 0 spiro atoms. The summed E-state index contributed by atoms with van der Waals surface area (Å²) in [4.78, 5) is 0. The number of azo groups is 1. The summed E-state index contributed by atoms with van der Waals surface area (Å²) >= 11 is 6.47. The second kappa shape index (κ2) is 12.4. The highest BCUT2D eigenvalue weighted by atomic mass is 35.5. The van der Waals surface area contributed by atoms with E-state index < -0.39 is 30.5 Å². The fourth-order valence-corrected chi connectivity index (χ4v) is 4.41. The Labute approximate surface area is 216 Å². The largest absolute Gasteiger partial charge is 0.494 e. The fraction of sp³-hybridized carbons (Fsp3) is 0.357. The van der Waals surface area contributed by atoms with Crippen LogP contribution in [0.4, 0.5) is 0 Å². The summed E-state index contributed by atoms with van der Waals surface area (Å²) in [6.45, 7) is 3.01. The van der Waals surface area contributed by atoms with Crippen LogP contribution >= 0.6 is 11.6 Å². The molecule has 36 heavy (non-hydrogen) atoms. The molecular weight excluding hydrogens is 480 g/mol. The van der Waals surface area contributed by atoms with Gasteiger partial charge in [-0.3, -0.25) is 0 Å². The van der Waals surface area contributed by atoms with Crippen molar-refractivity contribution in [2.24, 2.45) is 10.2 Å². The average molecular weight is 511 g/mol. The van der Waals surface area contributed by atoms with Crippen LogP contribution in [0.25, 0.3) is 0 Å². The van der Waals surface area contributed by atoms with E-state index in [0.717, 1.165) is 22.4 Å². The lowest BCUT2D eigenvalue weighted by Crippen LogP contribution is -2.55. The van der Waals surface area contributed by atoms with E-state index in [0.29, 0.717) is 30.2 Å². The van der Waals surface area contributed by atoms with Crippen molar-refractivity contribution in [2.75, 3.05) is 13.2 Å². The summed E-state index contributed by atoms with van der Waals surface area (Å²) in [6.07, 6.45) is -5.08. The second-order valence-corrected chi connectivity index (χ2v) is 9.19. The van der Waals surface area contributed by atoms with Crippen LogP contribution in [0.2, 0.25) is 5.02 Å². The normalized spacial score (nSPS) is 24.2. The van der Waals surface area contributed by atoms with Crippen molar-refractivity contribution in [2.45, 2.75) is 50.4 Å². The van der Waals surface area contributed by atoms with E-state index in [9.17, 15) is 15.3 Å². The van der Waals surface area contributed by atoms with Crippen LogP contribution in [-0.4, -0.2) is 52.9 Å². The molecule has 1 fully saturated rings. The molecule has 190 valence electrons. The van der Waals surface area contributed by atoms with Crippen molar-refractivity contribution < 1.29 is 24.8 Å². The van der Waals surface area contributed by atoms with Gasteiger partial charge in [0.1, 0.15) is 36.3 Å². The minimum absolute atomic E-state index is 0.0565. The SMILES string of the molecule is CCOc1ccc(Cc2cc(C3OC(CN=NCc4ccccc4)C(O)C(O)C3O)ccc2Cl)cc1. The van der Waals surface area contributed by atoms with Gasteiger partial charge in [-0.05, 0) is 53.8 Å². The first-order valence-corrected chi connectivity index (χ1v) is 12.4. The van der Waals surface area contributed by atoms with Crippen LogP contribution < -0.4 is 4.74 Å². The number of hydrogen-bond donors (Lipinski definition) is 3. The van der Waals surface area contributed by atoms with Crippen LogP contribution in [0.15, 0.2) is 83.0 Å². The molecule has 3 aromatic carbocycles. The molecular formula is C28H31ClN2O5. The van der Waals surface area contributed by atoms with E-state index in [1.54, 1.807) is 12.1 Å². The van der Waals surface area contributed by atoms with Gasteiger partial charge in [-0.1, -0.05) is 66.2 Å². The standard InChI is InChI=1S/C28H31ClN2O5/c1-2-35-22-11-8-18(9-12-22)14-21-15-20(10-13-23(21)29)28-27(34)26(33)25(32)24(36-28)17-31-30-16-19-6-4-3-5-7-19/h3-13,15,24-28,32-34H,2,14,16-17H2,1H3. The minimum Gasteiger partial charge on any atom is -0.494 e. The monoisotopic (exact) mass is 510 g/mol. The Kier molecular flexibility index (Phi) is 9.07. The molecule has 7 nitrogen and oxygen atoms in total. The first kappa shape index (κ1) is 26.3. The van der Waals surface area contributed by atoms with Gasteiger partial charge in [-0.25, -0.2) is 0 Å². The molecule has 0 bridgehead atoms. The van der Waals surface area contributed by atoms with Gasteiger partial charge in [0.05, 0.1) is 19.7 Å². The fourth-order valence-electron chi connectivity index (χ4n) is 4.23. The Balaban J connectivity index is 1.46. The van der Waals surface area contributed by atoms with Gasteiger partial charge >= 0.3 is 0 Å². The van der Waals surface area contributed by atoms with E-state index in [4.69, 9.17) is 21.1 Å². The molecule has 5 atom stereocenters. The molecule has 4 rings (SSSR count). The third-order valence-electron chi connectivity index (χ3n) is 6.20. The number of rotatable bonds is 9.